The molecule has 130 valence electrons. The molecule has 0 bridgehead atoms. The third-order valence-electron chi connectivity index (χ3n) is 5.34. The van der Waals surface area contributed by atoms with Gasteiger partial charge in [0.2, 0.25) is 0 Å². The molecule has 2 aliphatic rings. The summed E-state index contributed by atoms with van der Waals surface area (Å²) in [6.07, 6.45) is 10.9. The van der Waals surface area contributed by atoms with E-state index in [4.69, 9.17) is 0 Å². The number of allylic oxidation sites excluding steroid dienone is 2. The first-order valence-electron chi connectivity index (χ1n) is 8.93. The number of likely N-dealkylation sites (tertiary alicyclic amines) is 1. The second kappa shape index (κ2) is 6.70. The molecular weight excluding hydrogens is 314 g/mol. The summed E-state index contributed by atoms with van der Waals surface area (Å²) in [7, 11) is 0. The van der Waals surface area contributed by atoms with Gasteiger partial charge in [-0.3, -0.25) is 4.57 Å². The molecular formula is C19H23N5O. The molecule has 1 saturated heterocycles. The average Bonchev–Trinajstić information content (AvgIpc) is 3.31. The van der Waals surface area contributed by atoms with Crippen LogP contribution in [0.25, 0.3) is 5.69 Å². The highest BCUT2D eigenvalue weighted by Gasteiger charge is 2.35. The van der Waals surface area contributed by atoms with E-state index in [2.05, 4.69) is 40.7 Å². The predicted octanol–water partition coefficient (Wildman–Crippen LogP) is 3.26. The van der Waals surface area contributed by atoms with Crippen molar-refractivity contribution in [3.8, 4) is 5.69 Å². The van der Waals surface area contributed by atoms with Gasteiger partial charge in [0.25, 0.3) is 0 Å². The van der Waals surface area contributed by atoms with Gasteiger partial charge in [-0.1, -0.05) is 25.1 Å². The third-order valence-corrected chi connectivity index (χ3v) is 5.34. The van der Waals surface area contributed by atoms with Crippen molar-refractivity contribution in [2.75, 3.05) is 18.4 Å². The predicted molar refractivity (Wildman–Crippen MR) is 96.7 cm³/mol. The van der Waals surface area contributed by atoms with Gasteiger partial charge in [0.1, 0.15) is 12.7 Å². The van der Waals surface area contributed by atoms with Crippen LogP contribution in [-0.4, -0.2) is 38.8 Å². The fraction of sp³-hybridized carbons (Fsp3) is 0.421. The van der Waals surface area contributed by atoms with Gasteiger partial charge < -0.3 is 10.2 Å². The van der Waals surface area contributed by atoms with Crippen LogP contribution in [0.5, 0.6) is 0 Å². The van der Waals surface area contributed by atoms with E-state index in [9.17, 15) is 4.79 Å². The monoisotopic (exact) mass is 337 g/mol. The minimum absolute atomic E-state index is 0.00464. The molecule has 1 aromatic heterocycles. The van der Waals surface area contributed by atoms with Crippen LogP contribution < -0.4 is 5.32 Å². The molecule has 0 spiro atoms. The first kappa shape index (κ1) is 15.9. The van der Waals surface area contributed by atoms with Gasteiger partial charge >= 0.3 is 6.03 Å². The van der Waals surface area contributed by atoms with E-state index < -0.39 is 0 Å². The first-order chi connectivity index (χ1) is 12.2. The zero-order valence-corrected chi connectivity index (χ0v) is 14.4. The van der Waals surface area contributed by atoms with Crippen molar-refractivity contribution in [3.63, 3.8) is 0 Å². The number of nitrogens with zero attached hydrogens (tertiary/aromatic N) is 4. The lowest BCUT2D eigenvalue weighted by Crippen LogP contribution is -2.33. The quantitative estimate of drug-likeness (QED) is 0.875. The minimum atomic E-state index is 0.00464. The summed E-state index contributed by atoms with van der Waals surface area (Å²) in [6.45, 7) is 3.81. The van der Waals surface area contributed by atoms with Gasteiger partial charge in [-0.2, -0.15) is 0 Å². The molecule has 2 amide bonds. The van der Waals surface area contributed by atoms with Crippen LogP contribution >= 0.6 is 0 Å². The molecule has 2 atom stereocenters. The number of nitrogens with one attached hydrogen (secondary N) is 1. The highest BCUT2D eigenvalue weighted by atomic mass is 16.2. The molecule has 25 heavy (non-hydrogen) atoms. The summed E-state index contributed by atoms with van der Waals surface area (Å²) in [5.74, 6) is 1.23. The Bertz CT molecular complexity index is 767. The Morgan fingerprint density at radius 2 is 1.84 bits per heavy atom. The zero-order valence-electron chi connectivity index (χ0n) is 14.4. The number of anilines is 1. The molecule has 2 heterocycles. The number of hydrogen-bond acceptors (Lipinski definition) is 3. The topological polar surface area (TPSA) is 63.1 Å². The Labute approximate surface area is 147 Å². The maximum atomic E-state index is 12.8. The van der Waals surface area contributed by atoms with Crippen molar-refractivity contribution in [1.82, 2.24) is 19.7 Å². The van der Waals surface area contributed by atoms with Crippen molar-refractivity contribution in [2.45, 2.75) is 26.2 Å². The van der Waals surface area contributed by atoms with Crippen LogP contribution in [0.4, 0.5) is 10.5 Å². The largest absolute Gasteiger partial charge is 0.324 e. The van der Waals surface area contributed by atoms with Gasteiger partial charge in [0.05, 0.1) is 5.69 Å². The molecule has 6 heteroatoms. The number of aryl methyl sites for hydroxylation is 1. The van der Waals surface area contributed by atoms with Crippen LogP contribution in [0.1, 0.15) is 25.3 Å². The molecule has 1 fully saturated rings. The molecule has 1 aliphatic carbocycles. The van der Waals surface area contributed by atoms with Crippen molar-refractivity contribution < 1.29 is 4.79 Å². The molecule has 2 aromatic rings. The van der Waals surface area contributed by atoms with Crippen molar-refractivity contribution in [1.29, 1.82) is 0 Å². The van der Waals surface area contributed by atoms with Crippen LogP contribution in [0, 0.1) is 11.8 Å². The molecule has 0 unspecified atom stereocenters. The lowest BCUT2D eigenvalue weighted by Gasteiger charge is -2.19. The summed E-state index contributed by atoms with van der Waals surface area (Å²) < 4.78 is 1.84. The maximum Gasteiger partial charge on any atom is 0.321 e. The Hall–Kier alpha value is -2.63. The van der Waals surface area contributed by atoms with Gasteiger partial charge in [0.15, 0.2) is 0 Å². The summed E-state index contributed by atoms with van der Waals surface area (Å²) in [6, 6.07) is 6.07. The van der Waals surface area contributed by atoms with E-state index in [-0.39, 0.29) is 6.03 Å². The summed E-state index contributed by atoms with van der Waals surface area (Å²) >= 11 is 0. The van der Waals surface area contributed by atoms with Crippen molar-refractivity contribution >= 4 is 11.7 Å². The molecule has 0 radical (unpaired) electrons. The molecule has 6 nitrogen and oxygen atoms in total. The van der Waals surface area contributed by atoms with Crippen LogP contribution in [-0.2, 0) is 6.42 Å². The number of aromatic nitrogens is 3. The number of benzene rings is 1. The molecule has 1 aliphatic heterocycles. The van der Waals surface area contributed by atoms with Crippen LogP contribution in [0.3, 0.4) is 0 Å². The van der Waals surface area contributed by atoms with Crippen molar-refractivity contribution in [2.24, 2.45) is 11.8 Å². The first-order valence-corrected chi connectivity index (χ1v) is 8.93. The second-order valence-corrected chi connectivity index (χ2v) is 6.86. The van der Waals surface area contributed by atoms with Crippen molar-refractivity contribution in [3.05, 3.63) is 48.6 Å². The van der Waals surface area contributed by atoms with E-state index in [1.807, 2.05) is 21.6 Å². The summed E-state index contributed by atoms with van der Waals surface area (Å²) in [5, 5.41) is 10.8. The molecule has 1 aromatic carbocycles. The Morgan fingerprint density at radius 3 is 2.48 bits per heavy atom. The van der Waals surface area contributed by atoms with Gasteiger partial charge in [-0.05, 0) is 48.8 Å². The molecule has 4 rings (SSSR count). The zero-order chi connectivity index (χ0) is 17.2. The Balaban J connectivity index is 1.51. The smallest absolute Gasteiger partial charge is 0.321 e. The van der Waals surface area contributed by atoms with E-state index in [0.717, 1.165) is 49.3 Å². The Kier molecular flexibility index (Phi) is 4.26. The Morgan fingerprint density at radius 1 is 1.16 bits per heavy atom. The number of amides is 2. The number of hydrogen-bond donors (Lipinski definition) is 1. The van der Waals surface area contributed by atoms with E-state index in [1.165, 1.54) is 0 Å². The second-order valence-electron chi connectivity index (χ2n) is 6.86. The molecule has 1 N–H and O–H groups in total. The van der Waals surface area contributed by atoms with Gasteiger partial charge in [0, 0.05) is 18.8 Å². The van der Waals surface area contributed by atoms with E-state index >= 15 is 0 Å². The number of rotatable bonds is 3. The van der Waals surface area contributed by atoms with E-state index in [0.29, 0.717) is 11.8 Å². The van der Waals surface area contributed by atoms with Crippen LogP contribution in [0.15, 0.2) is 43.0 Å². The maximum absolute atomic E-state index is 12.8. The van der Waals surface area contributed by atoms with E-state index in [1.54, 1.807) is 12.7 Å². The number of urea groups is 1. The number of carbonyl (C=O) groups excluding carboxylic acids is 1. The SMILES string of the molecule is CCc1ccc(-n2cnnc2)cc1NC(=O)N1C[C@H]2CC=CC[C@H]2C1. The number of carbonyl (C=O) groups is 1. The summed E-state index contributed by atoms with van der Waals surface area (Å²) in [5.41, 5.74) is 2.94. The van der Waals surface area contributed by atoms with Gasteiger partial charge in [-0.25, -0.2) is 4.79 Å². The number of fused-ring (bicyclic) bond motifs is 1. The fourth-order valence-electron chi connectivity index (χ4n) is 3.86. The molecule has 0 saturated carbocycles. The normalized spacial score (nSPS) is 22.0. The average molecular weight is 337 g/mol. The minimum Gasteiger partial charge on any atom is -0.324 e. The fourth-order valence-corrected chi connectivity index (χ4v) is 3.86. The third kappa shape index (κ3) is 3.16. The highest BCUT2D eigenvalue weighted by molar-refractivity contribution is 5.90. The summed E-state index contributed by atoms with van der Waals surface area (Å²) in [4.78, 5) is 14.8. The van der Waals surface area contributed by atoms with Crippen LogP contribution in [0.2, 0.25) is 0 Å². The standard InChI is InChI=1S/C19H23N5O/c1-2-14-7-8-17(24-12-20-21-13-24)9-18(14)22-19(25)23-10-15-5-3-4-6-16(15)11-23/h3-4,7-9,12-13,15-16H,2,5-6,10-11H2,1H3,(H,22,25)/t15-,16+. The lowest BCUT2D eigenvalue weighted by atomic mass is 9.86. The lowest BCUT2D eigenvalue weighted by molar-refractivity contribution is 0.220. The van der Waals surface area contributed by atoms with Gasteiger partial charge in [-0.15, -0.1) is 10.2 Å². The highest BCUT2D eigenvalue weighted by Crippen LogP contribution is 2.33.